The summed E-state index contributed by atoms with van der Waals surface area (Å²) in [6, 6.07) is 3.73. The first-order valence-corrected chi connectivity index (χ1v) is 9.23. The Bertz CT molecular complexity index is 471. The summed E-state index contributed by atoms with van der Waals surface area (Å²) in [5.41, 5.74) is -0.198. The molecule has 6 heteroatoms. The predicted octanol–water partition coefficient (Wildman–Crippen LogP) is 4.71. The minimum absolute atomic E-state index is 0.198. The first-order chi connectivity index (χ1) is 10.7. The zero-order valence-electron chi connectivity index (χ0n) is 12.5. The Hall–Kier alpha value is -0.880. The fraction of sp³-hybridized carbons (Fsp3) is 0.562. The van der Waals surface area contributed by atoms with Gasteiger partial charge in [0.25, 0.3) is 0 Å². The molecule has 122 valence electrons. The van der Waals surface area contributed by atoms with Crippen LogP contribution in [0.4, 0.5) is 14.5 Å². The van der Waals surface area contributed by atoms with Gasteiger partial charge in [-0.05, 0) is 49.4 Å². The van der Waals surface area contributed by atoms with Gasteiger partial charge in [-0.2, -0.15) is 11.8 Å². The molecule has 0 saturated heterocycles. The number of anilines is 1. The predicted molar refractivity (Wildman–Crippen MR) is 94.5 cm³/mol. The van der Waals surface area contributed by atoms with E-state index >= 15 is 0 Å². The third kappa shape index (κ3) is 5.72. The molecule has 0 atom stereocenters. The van der Waals surface area contributed by atoms with Crippen molar-refractivity contribution in [1.29, 1.82) is 0 Å². The number of nitrogens with one attached hydrogen (secondary N) is 2. The lowest BCUT2D eigenvalue weighted by atomic mass is 10.0. The summed E-state index contributed by atoms with van der Waals surface area (Å²) in [5.74, 6) is -0.192. The quantitative estimate of drug-likeness (QED) is 0.577. The van der Waals surface area contributed by atoms with E-state index in [0.29, 0.717) is 6.54 Å². The minimum atomic E-state index is -0.642. The maximum Gasteiger partial charge on any atom is 0.170 e. The number of thiocarbonyl (C=S) groups is 1. The molecular formula is C16H22F2N2S2. The maximum atomic E-state index is 13.5. The second-order valence-electron chi connectivity index (χ2n) is 5.46. The highest BCUT2D eigenvalue weighted by atomic mass is 32.2. The van der Waals surface area contributed by atoms with Gasteiger partial charge in [0.05, 0.1) is 0 Å². The fourth-order valence-corrected chi connectivity index (χ4v) is 4.05. The molecule has 1 saturated carbocycles. The molecule has 1 aromatic carbocycles. The van der Waals surface area contributed by atoms with Crippen LogP contribution in [0.2, 0.25) is 0 Å². The normalized spacial score (nSPS) is 15.5. The molecule has 0 bridgehead atoms. The minimum Gasteiger partial charge on any atom is -0.362 e. The van der Waals surface area contributed by atoms with Crippen LogP contribution in [0.5, 0.6) is 0 Å². The standard InChI is InChI=1S/C16H22F2N2S2/c17-13-8-4-9-14(18)15(13)20-16(21)19-10-5-11-22-12-6-2-1-3-7-12/h4,8-9,12H,1-3,5-7,10-11H2,(H2,19,20,21). The zero-order chi connectivity index (χ0) is 15.8. The van der Waals surface area contributed by atoms with Crippen LogP contribution in [-0.4, -0.2) is 22.7 Å². The Kier molecular flexibility index (Phi) is 7.39. The number of hydrogen-bond donors (Lipinski definition) is 2. The van der Waals surface area contributed by atoms with E-state index in [2.05, 4.69) is 10.6 Å². The van der Waals surface area contributed by atoms with E-state index < -0.39 is 11.6 Å². The van der Waals surface area contributed by atoms with Crippen molar-refractivity contribution in [3.05, 3.63) is 29.8 Å². The van der Waals surface area contributed by atoms with Gasteiger partial charge in [0, 0.05) is 11.8 Å². The lowest BCUT2D eigenvalue weighted by Gasteiger charge is -2.20. The highest BCUT2D eigenvalue weighted by Crippen LogP contribution is 2.28. The smallest absolute Gasteiger partial charge is 0.170 e. The number of rotatable bonds is 6. The van der Waals surface area contributed by atoms with Gasteiger partial charge in [-0.1, -0.05) is 25.3 Å². The van der Waals surface area contributed by atoms with Crippen molar-refractivity contribution < 1.29 is 8.78 Å². The third-order valence-corrected chi connectivity index (χ3v) is 5.43. The Morgan fingerprint density at radius 3 is 2.55 bits per heavy atom. The Morgan fingerprint density at radius 1 is 1.18 bits per heavy atom. The van der Waals surface area contributed by atoms with Crippen molar-refractivity contribution in [2.75, 3.05) is 17.6 Å². The van der Waals surface area contributed by atoms with Crippen molar-refractivity contribution in [1.82, 2.24) is 5.32 Å². The molecule has 1 aromatic rings. The second kappa shape index (κ2) is 9.30. The summed E-state index contributed by atoms with van der Waals surface area (Å²) < 4.78 is 26.9. The van der Waals surface area contributed by atoms with Gasteiger partial charge in [0.15, 0.2) is 5.11 Å². The molecular weight excluding hydrogens is 322 g/mol. The average Bonchev–Trinajstić information content (AvgIpc) is 2.52. The summed E-state index contributed by atoms with van der Waals surface area (Å²) in [7, 11) is 0. The van der Waals surface area contributed by atoms with E-state index in [1.54, 1.807) is 0 Å². The molecule has 0 radical (unpaired) electrons. The van der Waals surface area contributed by atoms with Gasteiger partial charge >= 0.3 is 0 Å². The van der Waals surface area contributed by atoms with Gasteiger partial charge in [-0.15, -0.1) is 0 Å². The molecule has 0 spiro atoms. The molecule has 22 heavy (non-hydrogen) atoms. The molecule has 0 unspecified atom stereocenters. The summed E-state index contributed by atoms with van der Waals surface area (Å²) >= 11 is 7.10. The van der Waals surface area contributed by atoms with Gasteiger partial charge in [-0.3, -0.25) is 0 Å². The summed E-state index contributed by atoms with van der Waals surface area (Å²) in [6.45, 7) is 0.710. The molecule has 2 N–H and O–H groups in total. The number of para-hydroxylation sites is 1. The average molecular weight is 344 g/mol. The first kappa shape index (κ1) is 17.5. The van der Waals surface area contributed by atoms with E-state index in [1.807, 2.05) is 11.8 Å². The van der Waals surface area contributed by atoms with Crippen molar-refractivity contribution in [3.63, 3.8) is 0 Å². The largest absolute Gasteiger partial charge is 0.362 e. The van der Waals surface area contributed by atoms with E-state index in [0.717, 1.165) is 17.4 Å². The monoisotopic (exact) mass is 344 g/mol. The molecule has 0 heterocycles. The van der Waals surface area contributed by atoms with Crippen LogP contribution >= 0.6 is 24.0 Å². The number of hydrogen-bond acceptors (Lipinski definition) is 2. The highest BCUT2D eigenvalue weighted by Gasteiger charge is 2.13. The molecule has 0 aliphatic heterocycles. The van der Waals surface area contributed by atoms with Gasteiger partial charge in [0.2, 0.25) is 0 Å². The van der Waals surface area contributed by atoms with E-state index in [4.69, 9.17) is 12.2 Å². The third-order valence-electron chi connectivity index (χ3n) is 3.71. The topological polar surface area (TPSA) is 24.1 Å². The van der Waals surface area contributed by atoms with Gasteiger partial charge in [0.1, 0.15) is 17.3 Å². The van der Waals surface area contributed by atoms with Crippen LogP contribution in [0.1, 0.15) is 38.5 Å². The van der Waals surface area contributed by atoms with Crippen LogP contribution in [0.3, 0.4) is 0 Å². The van der Waals surface area contributed by atoms with Crippen LogP contribution in [0, 0.1) is 11.6 Å². The molecule has 2 nitrogen and oxygen atoms in total. The summed E-state index contributed by atoms with van der Waals surface area (Å²) in [4.78, 5) is 0. The van der Waals surface area contributed by atoms with Crippen molar-refractivity contribution >= 4 is 34.8 Å². The number of halogens is 2. The molecule has 0 aromatic heterocycles. The molecule has 2 rings (SSSR count). The highest BCUT2D eigenvalue weighted by molar-refractivity contribution is 7.99. The number of thioether (sulfide) groups is 1. The zero-order valence-corrected chi connectivity index (χ0v) is 14.2. The van der Waals surface area contributed by atoms with Crippen LogP contribution in [-0.2, 0) is 0 Å². The van der Waals surface area contributed by atoms with Crippen molar-refractivity contribution in [2.24, 2.45) is 0 Å². The Morgan fingerprint density at radius 2 is 1.86 bits per heavy atom. The molecule has 1 fully saturated rings. The van der Waals surface area contributed by atoms with E-state index in [9.17, 15) is 8.78 Å². The maximum absolute atomic E-state index is 13.5. The Balaban J connectivity index is 1.61. The molecule has 1 aliphatic rings. The van der Waals surface area contributed by atoms with Crippen molar-refractivity contribution in [3.8, 4) is 0 Å². The SMILES string of the molecule is Fc1cccc(F)c1NC(=S)NCCCSC1CCCCC1. The number of benzene rings is 1. The Labute approximate surface area is 140 Å². The lowest BCUT2D eigenvalue weighted by Crippen LogP contribution is -2.30. The van der Waals surface area contributed by atoms with Crippen LogP contribution in [0.15, 0.2) is 18.2 Å². The first-order valence-electron chi connectivity index (χ1n) is 7.77. The fourth-order valence-electron chi connectivity index (χ4n) is 2.53. The van der Waals surface area contributed by atoms with Crippen LogP contribution in [0.25, 0.3) is 0 Å². The molecule has 1 aliphatic carbocycles. The summed E-state index contributed by atoms with van der Waals surface area (Å²) in [5, 5.41) is 6.65. The van der Waals surface area contributed by atoms with Crippen molar-refractivity contribution in [2.45, 2.75) is 43.8 Å². The van der Waals surface area contributed by atoms with E-state index in [-0.39, 0.29) is 10.8 Å². The van der Waals surface area contributed by atoms with E-state index in [1.165, 1.54) is 50.3 Å². The van der Waals surface area contributed by atoms with Gasteiger partial charge < -0.3 is 10.6 Å². The van der Waals surface area contributed by atoms with Crippen LogP contribution < -0.4 is 10.6 Å². The lowest BCUT2D eigenvalue weighted by molar-refractivity contribution is 0.516. The summed E-state index contributed by atoms with van der Waals surface area (Å²) in [6.07, 6.45) is 7.76. The second-order valence-corrected chi connectivity index (χ2v) is 7.28. The van der Waals surface area contributed by atoms with Gasteiger partial charge in [-0.25, -0.2) is 8.78 Å². The molecule has 0 amide bonds.